The zero-order valence-electron chi connectivity index (χ0n) is 21.0. The Bertz CT molecular complexity index is 1420. The van der Waals surface area contributed by atoms with E-state index in [0.717, 1.165) is 52.0 Å². The van der Waals surface area contributed by atoms with E-state index >= 15 is 0 Å². The molecule has 0 bridgehead atoms. The average molecular weight is 520 g/mol. The number of hydrogen-bond acceptors (Lipinski definition) is 9. The number of pyridine rings is 1. The molecular weight excluding hydrogens is 489 g/mol. The Balaban J connectivity index is 1.23. The van der Waals surface area contributed by atoms with Crippen molar-refractivity contribution < 1.29 is 9.13 Å². The molecule has 1 aromatic carbocycles. The second kappa shape index (κ2) is 10.1. The minimum absolute atomic E-state index is 0.389. The number of fused-ring (bicyclic) bond motifs is 1. The number of ether oxygens (including phenoxy) is 1. The van der Waals surface area contributed by atoms with Crippen molar-refractivity contribution in [3.05, 3.63) is 53.3 Å². The van der Waals surface area contributed by atoms with Gasteiger partial charge in [0.2, 0.25) is 11.9 Å². The summed E-state index contributed by atoms with van der Waals surface area (Å²) in [4.78, 5) is 19.2. The van der Waals surface area contributed by atoms with Crippen LogP contribution in [0.5, 0.6) is 5.75 Å². The van der Waals surface area contributed by atoms with Gasteiger partial charge in [-0.25, -0.2) is 9.97 Å². The zero-order chi connectivity index (χ0) is 25.4. The number of nitrogens with zero attached hydrogens (tertiary/aromatic N) is 5. The van der Waals surface area contributed by atoms with Crippen LogP contribution in [0.3, 0.4) is 0 Å². The van der Waals surface area contributed by atoms with Gasteiger partial charge in [-0.1, -0.05) is 6.07 Å². The van der Waals surface area contributed by atoms with Gasteiger partial charge in [0.1, 0.15) is 22.2 Å². The van der Waals surface area contributed by atoms with E-state index in [0.29, 0.717) is 17.6 Å². The van der Waals surface area contributed by atoms with E-state index in [-0.39, 0.29) is 0 Å². The number of hydrogen-bond donors (Lipinski definition) is 2. The minimum Gasteiger partial charge on any atom is -0.495 e. The van der Waals surface area contributed by atoms with Crippen molar-refractivity contribution in [2.24, 2.45) is 0 Å². The molecule has 2 aliphatic heterocycles. The second-order valence-electron chi connectivity index (χ2n) is 9.58. The van der Waals surface area contributed by atoms with Crippen LogP contribution in [0.4, 0.5) is 33.3 Å². The van der Waals surface area contributed by atoms with Crippen LogP contribution in [0.2, 0.25) is 0 Å². The molecule has 2 N–H and O–H groups in total. The molecule has 0 spiro atoms. The predicted octanol–water partition coefficient (Wildman–Crippen LogP) is 5.70. The lowest BCUT2D eigenvalue weighted by Crippen LogP contribution is -2.50. The van der Waals surface area contributed by atoms with Crippen LogP contribution in [0.1, 0.15) is 24.8 Å². The van der Waals surface area contributed by atoms with Crippen molar-refractivity contribution in [3.63, 3.8) is 0 Å². The number of piperidine rings is 1. The molecule has 0 aliphatic carbocycles. The molecule has 37 heavy (non-hydrogen) atoms. The first-order valence-corrected chi connectivity index (χ1v) is 13.5. The van der Waals surface area contributed by atoms with Crippen molar-refractivity contribution in [1.29, 1.82) is 0 Å². The van der Waals surface area contributed by atoms with Crippen LogP contribution >= 0.6 is 11.3 Å². The molecule has 8 nitrogen and oxygen atoms in total. The van der Waals surface area contributed by atoms with E-state index in [1.807, 2.05) is 24.4 Å². The van der Waals surface area contributed by atoms with E-state index in [1.54, 1.807) is 30.6 Å². The first kappa shape index (κ1) is 23.9. The number of likely N-dealkylation sites (tertiary alicyclic amines) is 1. The highest BCUT2D eigenvalue weighted by molar-refractivity contribution is 7.17. The first-order chi connectivity index (χ1) is 18.1. The van der Waals surface area contributed by atoms with Crippen molar-refractivity contribution >= 4 is 50.5 Å². The third-order valence-corrected chi connectivity index (χ3v) is 8.22. The summed E-state index contributed by atoms with van der Waals surface area (Å²) >= 11 is 1.54. The quantitative estimate of drug-likeness (QED) is 0.301. The fraction of sp³-hybridized carbons (Fsp3) is 0.370. The SMILES string of the molecule is COc1cc(Nc2nc(Nc3cccc(F)n3)c3c(C)csc3n2)ccc1N1CCC(N2CCC2)CC1. The van der Waals surface area contributed by atoms with Gasteiger partial charge in [-0.05, 0) is 74.5 Å². The van der Waals surface area contributed by atoms with Crippen LogP contribution < -0.4 is 20.3 Å². The summed E-state index contributed by atoms with van der Waals surface area (Å²) in [6.07, 6.45) is 3.71. The van der Waals surface area contributed by atoms with Gasteiger partial charge in [0, 0.05) is 30.9 Å². The van der Waals surface area contributed by atoms with Gasteiger partial charge >= 0.3 is 0 Å². The predicted molar refractivity (Wildman–Crippen MR) is 147 cm³/mol. The first-order valence-electron chi connectivity index (χ1n) is 12.7. The van der Waals surface area contributed by atoms with Crippen molar-refractivity contribution in [2.45, 2.75) is 32.2 Å². The number of thiophene rings is 1. The zero-order valence-corrected chi connectivity index (χ0v) is 21.8. The van der Waals surface area contributed by atoms with Gasteiger partial charge in [-0.2, -0.15) is 9.37 Å². The minimum atomic E-state index is -0.548. The number of methoxy groups -OCH3 is 1. The van der Waals surface area contributed by atoms with Gasteiger partial charge < -0.3 is 25.2 Å². The third-order valence-electron chi connectivity index (χ3n) is 7.23. The average Bonchev–Trinajstić information content (AvgIpc) is 3.24. The molecule has 4 aromatic rings. The van der Waals surface area contributed by atoms with Crippen LogP contribution in [-0.2, 0) is 0 Å². The molecule has 2 saturated heterocycles. The van der Waals surface area contributed by atoms with E-state index in [4.69, 9.17) is 14.7 Å². The topological polar surface area (TPSA) is 78.4 Å². The summed E-state index contributed by atoms with van der Waals surface area (Å²) in [6, 6.07) is 11.5. The van der Waals surface area contributed by atoms with Gasteiger partial charge in [-0.15, -0.1) is 11.3 Å². The number of aryl methyl sites for hydroxylation is 1. The molecule has 0 unspecified atom stereocenters. The van der Waals surface area contributed by atoms with Gasteiger partial charge in [-0.3, -0.25) is 0 Å². The smallest absolute Gasteiger partial charge is 0.230 e. The molecule has 2 fully saturated rings. The van der Waals surface area contributed by atoms with Gasteiger partial charge in [0.15, 0.2) is 0 Å². The summed E-state index contributed by atoms with van der Waals surface area (Å²) in [6.45, 7) is 6.58. The summed E-state index contributed by atoms with van der Waals surface area (Å²) < 4.78 is 19.5. The lowest BCUT2D eigenvalue weighted by atomic mass is 9.99. The molecule has 6 rings (SSSR count). The number of halogens is 1. The van der Waals surface area contributed by atoms with E-state index in [9.17, 15) is 4.39 Å². The van der Waals surface area contributed by atoms with Crippen LogP contribution in [0.15, 0.2) is 41.8 Å². The highest BCUT2D eigenvalue weighted by Gasteiger charge is 2.28. The Kier molecular flexibility index (Phi) is 6.52. The van der Waals surface area contributed by atoms with Crippen LogP contribution in [0, 0.1) is 12.9 Å². The van der Waals surface area contributed by atoms with Crippen molar-refractivity contribution in [1.82, 2.24) is 19.9 Å². The molecule has 2 aliphatic rings. The molecule has 0 amide bonds. The van der Waals surface area contributed by atoms with Crippen LogP contribution in [-0.4, -0.2) is 59.2 Å². The number of rotatable bonds is 7. The molecule has 0 radical (unpaired) electrons. The number of benzene rings is 1. The number of nitrogens with one attached hydrogen (secondary N) is 2. The Morgan fingerprint density at radius 2 is 1.86 bits per heavy atom. The normalized spacial score (nSPS) is 16.6. The highest BCUT2D eigenvalue weighted by atomic mass is 32.1. The molecular formula is C27H30FN7OS. The number of anilines is 5. The Hall–Kier alpha value is -3.50. The summed E-state index contributed by atoms with van der Waals surface area (Å²) in [5, 5.41) is 9.43. The summed E-state index contributed by atoms with van der Waals surface area (Å²) in [5.74, 6) is 1.69. The fourth-order valence-electron chi connectivity index (χ4n) is 5.15. The second-order valence-corrected chi connectivity index (χ2v) is 10.4. The van der Waals surface area contributed by atoms with Gasteiger partial charge in [0.25, 0.3) is 0 Å². The summed E-state index contributed by atoms with van der Waals surface area (Å²) in [5.41, 5.74) is 2.99. The monoisotopic (exact) mass is 519 g/mol. The fourth-order valence-corrected chi connectivity index (χ4v) is 6.07. The lowest BCUT2D eigenvalue weighted by molar-refractivity contribution is 0.100. The number of aromatic nitrogens is 3. The highest BCUT2D eigenvalue weighted by Crippen LogP contribution is 2.36. The maximum atomic E-state index is 13.7. The van der Waals surface area contributed by atoms with Gasteiger partial charge in [0.05, 0.1) is 18.2 Å². The Labute approximate surface area is 219 Å². The largest absolute Gasteiger partial charge is 0.495 e. The third kappa shape index (κ3) is 4.91. The lowest BCUT2D eigenvalue weighted by Gasteiger charge is -2.43. The standard InChI is InChI=1S/C27H30FN7OS/c1-17-16-37-26-24(17)25(31-23-6-3-5-22(28)30-23)32-27(33-26)29-18-7-8-20(21(15-18)36-2)35-13-9-19(10-14-35)34-11-4-12-34/h3,5-8,15-16,19H,4,9-14H2,1-2H3,(H2,29,30,31,32,33). The molecule has 5 heterocycles. The van der Waals surface area contributed by atoms with E-state index < -0.39 is 5.95 Å². The van der Waals surface area contributed by atoms with E-state index in [2.05, 4.69) is 31.5 Å². The molecule has 0 saturated carbocycles. The molecule has 0 atom stereocenters. The van der Waals surface area contributed by atoms with Crippen molar-refractivity contribution in [3.8, 4) is 5.75 Å². The van der Waals surface area contributed by atoms with Crippen LogP contribution in [0.25, 0.3) is 10.2 Å². The maximum absolute atomic E-state index is 13.7. The van der Waals surface area contributed by atoms with Crippen molar-refractivity contribution in [2.75, 3.05) is 48.8 Å². The van der Waals surface area contributed by atoms with E-state index in [1.165, 1.54) is 38.4 Å². The Morgan fingerprint density at radius 1 is 1.03 bits per heavy atom. The molecule has 192 valence electrons. The molecule has 3 aromatic heterocycles. The molecule has 10 heteroatoms. The maximum Gasteiger partial charge on any atom is 0.230 e. The summed E-state index contributed by atoms with van der Waals surface area (Å²) in [7, 11) is 1.71. The Morgan fingerprint density at radius 3 is 2.59 bits per heavy atom.